The van der Waals surface area contributed by atoms with Gasteiger partial charge in [0.25, 0.3) is 0 Å². The Bertz CT molecular complexity index is 908. The second-order valence-corrected chi connectivity index (χ2v) is 10.5. The molecule has 6 atom stereocenters. The summed E-state index contributed by atoms with van der Waals surface area (Å²) < 4.78 is 13.0. The molecule has 3 N–H and O–H groups in total. The van der Waals surface area contributed by atoms with Gasteiger partial charge in [-0.15, -0.1) is 24.8 Å². The number of thioether (sulfide) groups is 1. The van der Waals surface area contributed by atoms with Crippen molar-refractivity contribution in [2.24, 2.45) is 0 Å². The molecule has 1 saturated carbocycles. The highest BCUT2D eigenvalue weighted by Crippen LogP contribution is 2.66. The fraction of sp³-hybridized carbons (Fsp3) is 0.696. The average molecular weight is 522 g/mol. The van der Waals surface area contributed by atoms with Crippen LogP contribution in [-0.4, -0.2) is 83.6 Å². The number of aliphatic carboxylic acids is 1. The van der Waals surface area contributed by atoms with Gasteiger partial charge in [-0.3, -0.25) is 10.1 Å². The van der Waals surface area contributed by atoms with Gasteiger partial charge in [-0.25, -0.2) is 0 Å². The number of carbonyl (C=O) groups is 1. The Morgan fingerprint density at radius 2 is 2.15 bits per heavy atom. The number of benzene rings is 1. The lowest BCUT2D eigenvalue weighted by Crippen LogP contribution is -2.78. The summed E-state index contributed by atoms with van der Waals surface area (Å²) >= 11 is 1.66. The van der Waals surface area contributed by atoms with Crippen molar-refractivity contribution in [2.75, 3.05) is 32.7 Å². The molecule has 2 unspecified atom stereocenters. The molecular weight excluding hydrogens is 487 g/mol. The zero-order chi connectivity index (χ0) is 22.0. The minimum absolute atomic E-state index is 0. The molecule has 10 heteroatoms. The fourth-order valence-electron chi connectivity index (χ4n) is 7.08. The van der Waals surface area contributed by atoms with Crippen LogP contribution in [0.5, 0.6) is 11.5 Å². The lowest BCUT2D eigenvalue weighted by atomic mass is 9.48. The number of methoxy groups -OCH3 is 1. The SMILES string of the molecule is CO[C@@]12CCC(N[C@@H](CCSC)C(=O)O)C3Oc4c(O)ccc5c4[C@@]31CCN(C)[C@@H]2C5.Cl.Cl. The first-order chi connectivity index (χ1) is 14.9. The van der Waals surface area contributed by atoms with Crippen LogP contribution in [0.3, 0.4) is 0 Å². The van der Waals surface area contributed by atoms with Gasteiger partial charge in [0, 0.05) is 24.8 Å². The molecule has 0 amide bonds. The van der Waals surface area contributed by atoms with Gasteiger partial charge in [-0.05, 0) is 69.3 Å². The molecule has 7 nitrogen and oxygen atoms in total. The molecule has 0 radical (unpaired) electrons. The smallest absolute Gasteiger partial charge is 0.320 e. The summed E-state index contributed by atoms with van der Waals surface area (Å²) in [6, 6.07) is 3.26. The summed E-state index contributed by atoms with van der Waals surface area (Å²) in [6.45, 7) is 0.922. The standard InChI is InChI=1S/C23H32N2O5S.2ClH/c1-25-10-9-22-18-13-4-5-16(26)19(18)30-20(22)14(24-15(21(27)28)7-11-31-3)6-8-23(22,29-2)17(25)12-13;;/h4-5,14-15,17,20,24,26H,6-12H2,1-3H3,(H,27,28);2*1H/t14?,15-,17+,20?,22-,23+;;/m0../s1. The lowest BCUT2D eigenvalue weighted by molar-refractivity contribution is -0.204. The third-order valence-electron chi connectivity index (χ3n) is 8.38. The van der Waals surface area contributed by atoms with Crippen LogP contribution >= 0.6 is 36.6 Å². The van der Waals surface area contributed by atoms with E-state index >= 15 is 0 Å². The zero-order valence-electron chi connectivity index (χ0n) is 19.2. The first kappa shape index (κ1) is 26.7. The van der Waals surface area contributed by atoms with Crippen LogP contribution in [0.4, 0.5) is 0 Å². The number of hydrogen-bond acceptors (Lipinski definition) is 7. The molecule has 4 aliphatic rings. The number of halogens is 2. The quantitative estimate of drug-likeness (QED) is 0.505. The molecule has 186 valence electrons. The number of phenols is 1. The summed E-state index contributed by atoms with van der Waals surface area (Å²) in [4.78, 5) is 14.4. The number of rotatable bonds is 7. The van der Waals surface area contributed by atoms with E-state index in [-0.39, 0.29) is 54.2 Å². The molecule has 1 aromatic carbocycles. The van der Waals surface area contributed by atoms with Crippen molar-refractivity contribution in [1.29, 1.82) is 0 Å². The van der Waals surface area contributed by atoms with Gasteiger partial charge in [-0.1, -0.05) is 6.07 Å². The van der Waals surface area contributed by atoms with Crippen molar-refractivity contribution in [3.8, 4) is 11.5 Å². The van der Waals surface area contributed by atoms with Gasteiger partial charge in [-0.2, -0.15) is 11.8 Å². The molecule has 2 aliphatic carbocycles. The number of likely N-dealkylation sites (N-methyl/N-ethyl adjacent to an activating group) is 1. The maximum absolute atomic E-state index is 12.0. The molecule has 2 bridgehead atoms. The summed E-state index contributed by atoms with van der Waals surface area (Å²) in [6.07, 6.45) is 5.63. The van der Waals surface area contributed by atoms with Crippen LogP contribution in [0.15, 0.2) is 12.1 Å². The number of carboxylic acids is 1. The van der Waals surface area contributed by atoms with Crippen molar-refractivity contribution < 1.29 is 24.5 Å². The Labute approximate surface area is 211 Å². The summed E-state index contributed by atoms with van der Waals surface area (Å²) in [5.41, 5.74) is 1.52. The number of likely N-dealkylation sites (tertiary alicyclic amines) is 1. The van der Waals surface area contributed by atoms with E-state index in [4.69, 9.17) is 9.47 Å². The topological polar surface area (TPSA) is 91.3 Å². The maximum atomic E-state index is 12.0. The van der Waals surface area contributed by atoms with Gasteiger partial charge in [0.2, 0.25) is 0 Å². The molecule has 1 saturated heterocycles. The van der Waals surface area contributed by atoms with Crippen molar-refractivity contribution >= 4 is 42.5 Å². The highest BCUT2D eigenvalue weighted by atomic mass is 35.5. The highest BCUT2D eigenvalue weighted by Gasteiger charge is 2.73. The number of hydrogen-bond donors (Lipinski definition) is 3. The van der Waals surface area contributed by atoms with E-state index in [1.54, 1.807) is 17.8 Å². The maximum Gasteiger partial charge on any atom is 0.320 e. The van der Waals surface area contributed by atoms with E-state index in [0.29, 0.717) is 12.2 Å². The predicted molar refractivity (Wildman–Crippen MR) is 134 cm³/mol. The Balaban J connectivity index is 0.00000153. The van der Waals surface area contributed by atoms with Crippen molar-refractivity contribution in [3.05, 3.63) is 23.3 Å². The Kier molecular flexibility index (Phi) is 7.79. The van der Waals surface area contributed by atoms with E-state index in [9.17, 15) is 15.0 Å². The van der Waals surface area contributed by atoms with Crippen LogP contribution in [0.2, 0.25) is 0 Å². The minimum Gasteiger partial charge on any atom is -0.504 e. The van der Waals surface area contributed by atoms with Gasteiger partial charge >= 0.3 is 5.97 Å². The number of aromatic hydroxyl groups is 1. The van der Waals surface area contributed by atoms with E-state index in [1.807, 2.05) is 19.4 Å². The molecule has 1 spiro atoms. The Hall–Kier alpha value is -0.900. The second-order valence-electron chi connectivity index (χ2n) is 9.49. The number of nitrogens with zero attached hydrogens (tertiary/aromatic N) is 1. The second kappa shape index (κ2) is 9.63. The normalized spacial score (nSPS) is 34.3. The largest absolute Gasteiger partial charge is 0.504 e. The van der Waals surface area contributed by atoms with Crippen LogP contribution in [0.25, 0.3) is 0 Å². The third-order valence-corrected chi connectivity index (χ3v) is 9.02. The number of phenolic OH excluding ortho intramolecular Hbond substituents is 1. The van der Waals surface area contributed by atoms with Crippen molar-refractivity contribution in [3.63, 3.8) is 0 Å². The molecule has 1 aromatic rings. The predicted octanol–water partition coefficient (Wildman–Crippen LogP) is 2.84. The molecule has 2 aliphatic heterocycles. The molecule has 2 heterocycles. The monoisotopic (exact) mass is 520 g/mol. The molecule has 5 rings (SSSR count). The molecular formula is C23H34Cl2N2O5S. The van der Waals surface area contributed by atoms with Gasteiger partial charge in [0.1, 0.15) is 12.1 Å². The van der Waals surface area contributed by atoms with Gasteiger partial charge < -0.3 is 24.6 Å². The van der Waals surface area contributed by atoms with E-state index in [0.717, 1.165) is 43.5 Å². The van der Waals surface area contributed by atoms with Crippen molar-refractivity contribution in [2.45, 2.75) is 67.3 Å². The first-order valence-electron chi connectivity index (χ1n) is 11.1. The fourth-order valence-corrected chi connectivity index (χ4v) is 7.55. The van der Waals surface area contributed by atoms with Crippen LogP contribution in [0.1, 0.15) is 36.8 Å². The van der Waals surface area contributed by atoms with Crippen LogP contribution in [0, 0.1) is 0 Å². The number of ether oxygens (including phenoxy) is 2. The van der Waals surface area contributed by atoms with Crippen molar-refractivity contribution in [1.82, 2.24) is 10.2 Å². The van der Waals surface area contributed by atoms with E-state index < -0.39 is 17.6 Å². The minimum atomic E-state index is -0.820. The summed E-state index contributed by atoms with van der Waals surface area (Å²) in [5, 5.41) is 24.0. The summed E-state index contributed by atoms with van der Waals surface area (Å²) in [7, 11) is 3.98. The summed E-state index contributed by atoms with van der Waals surface area (Å²) in [5.74, 6) is 0.712. The highest BCUT2D eigenvalue weighted by molar-refractivity contribution is 7.98. The van der Waals surface area contributed by atoms with E-state index in [1.165, 1.54) is 5.56 Å². The molecule has 0 aromatic heterocycles. The molecule has 33 heavy (non-hydrogen) atoms. The van der Waals surface area contributed by atoms with E-state index in [2.05, 4.69) is 17.3 Å². The third kappa shape index (κ3) is 3.55. The lowest BCUT2D eigenvalue weighted by Gasteiger charge is -2.65. The zero-order valence-corrected chi connectivity index (χ0v) is 21.7. The Morgan fingerprint density at radius 3 is 2.82 bits per heavy atom. The number of nitrogens with one attached hydrogen (secondary N) is 1. The van der Waals surface area contributed by atoms with Crippen LogP contribution in [-0.2, 0) is 21.4 Å². The molecule has 2 fully saturated rings. The Morgan fingerprint density at radius 1 is 1.39 bits per heavy atom. The first-order valence-corrected chi connectivity index (χ1v) is 12.5. The van der Waals surface area contributed by atoms with Crippen LogP contribution < -0.4 is 10.1 Å². The number of piperidine rings is 1. The number of carboxylic acid groups (broad SMARTS) is 1. The van der Waals surface area contributed by atoms with Gasteiger partial charge in [0.05, 0.1) is 11.0 Å². The van der Waals surface area contributed by atoms with Gasteiger partial charge in [0.15, 0.2) is 11.5 Å². The average Bonchev–Trinajstić information content (AvgIpc) is 3.11.